The van der Waals surface area contributed by atoms with Crippen LogP contribution in [0.15, 0.2) is 30.7 Å². The smallest absolute Gasteiger partial charge is 0.160 e. The Kier molecular flexibility index (Phi) is 0.701. The van der Waals surface area contributed by atoms with Crippen LogP contribution in [0.1, 0.15) is 6.85 Å². The normalized spacial score (nSPS) is 15.8. The average Bonchev–Trinajstić information content (AvgIpc) is 2.52. The van der Waals surface area contributed by atoms with E-state index in [0.717, 1.165) is 4.57 Å². The van der Waals surface area contributed by atoms with Gasteiger partial charge in [0.1, 0.15) is 13.5 Å². The van der Waals surface area contributed by atoms with Crippen LogP contribution in [0, 0.1) is 0 Å². The lowest BCUT2D eigenvalue weighted by Crippen LogP contribution is -1.98. The largest absolute Gasteiger partial charge is 0.382 e. The first-order valence-electron chi connectivity index (χ1n) is 5.55. The number of anilines is 1. The van der Waals surface area contributed by atoms with Crippen molar-refractivity contribution in [1.82, 2.24) is 19.7 Å². The Balaban J connectivity index is 2.73. The maximum atomic E-state index is 7.63. The van der Waals surface area contributed by atoms with E-state index in [1.54, 1.807) is 0 Å². The maximum Gasteiger partial charge on any atom is 0.160 e. The fourth-order valence-electron chi connectivity index (χ4n) is 0.647. The number of aromatic nitrogens is 4. The van der Waals surface area contributed by atoms with Gasteiger partial charge in [0.25, 0.3) is 0 Å². The predicted octanol–water partition coefficient (Wildman–Crippen LogP) is 0.244. The Morgan fingerprint density at radius 1 is 1.42 bits per heavy atom. The molecule has 2 rings (SSSR count). The van der Waals surface area contributed by atoms with Gasteiger partial charge in [-0.15, -0.1) is 10.2 Å². The summed E-state index contributed by atoms with van der Waals surface area (Å²) >= 11 is 0. The molecule has 0 spiro atoms. The van der Waals surface area contributed by atoms with Gasteiger partial charge in [0.05, 0.1) is 5.48 Å². The van der Waals surface area contributed by atoms with Crippen LogP contribution in [0.4, 0.5) is 5.82 Å². The SMILES string of the molecule is [2H]c1nc([2H])n(-c2nnc(N)c([2H])c2[2H])c1[2H]. The summed E-state index contributed by atoms with van der Waals surface area (Å²) in [6.45, 7) is 0. The van der Waals surface area contributed by atoms with Gasteiger partial charge in [-0.3, -0.25) is 4.57 Å². The van der Waals surface area contributed by atoms with E-state index in [-0.39, 0.29) is 29.9 Å². The molecule has 0 radical (unpaired) electrons. The first-order chi connectivity index (χ1) is 7.93. The average molecular weight is 166 g/mol. The van der Waals surface area contributed by atoms with E-state index < -0.39 is 12.5 Å². The van der Waals surface area contributed by atoms with Crippen molar-refractivity contribution < 1.29 is 6.85 Å². The van der Waals surface area contributed by atoms with Crippen molar-refractivity contribution in [2.45, 2.75) is 0 Å². The fraction of sp³-hybridized carbons (Fsp3) is 0. The van der Waals surface area contributed by atoms with Crippen LogP contribution in [0.5, 0.6) is 0 Å². The van der Waals surface area contributed by atoms with Gasteiger partial charge >= 0.3 is 0 Å². The highest BCUT2D eigenvalue weighted by molar-refractivity contribution is 5.31. The highest BCUT2D eigenvalue weighted by Gasteiger charge is 1.95. The van der Waals surface area contributed by atoms with Crippen molar-refractivity contribution in [2.75, 3.05) is 5.73 Å². The molecule has 0 aliphatic carbocycles. The van der Waals surface area contributed by atoms with Crippen LogP contribution >= 0.6 is 0 Å². The van der Waals surface area contributed by atoms with Crippen LogP contribution in [-0.4, -0.2) is 19.7 Å². The zero-order valence-corrected chi connectivity index (χ0v) is 5.87. The number of nitrogens with zero attached hydrogens (tertiary/aromatic N) is 4. The zero-order chi connectivity index (χ0) is 12.7. The van der Waals surface area contributed by atoms with Gasteiger partial charge in [0.2, 0.25) is 0 Å². The number of rotatable bonds is 1. The molecule has 5 nitrogen and oxygen atoms in total. The van der Waals surface area contributed by atoms with Crippen molar-refractivity contribution in [3.8, 4) is 5.82 Å². The van der Waals surface area contributed by atoms with Gasteiger partial charge in [-0.25, -0.2) is 4.98 Å². The molecule has 0 aliphatic heterocycles. The van der Waals surface area contributed by atoms with Gasteiger partial charge < -0.3 is 5.73 Å². The van der Waals surface area contributed by atoms with E-state index in [1.807, 2.05) is 0 Å². The summed E-state index contributed by atoms with van der Waals surface area (Å²) < 4.78 is 38.2. The summed E-state index contributed by atoms with van der Waals surface area (Å²) in [5.74, 6) is -0.409. The summed E-state index contributed by atoms with van der Waals surface area (Å²) in [5.41, 5.74) is 5.31. The molecule has 2 aromatic rings. The molecule has 2 aromatic heterocycles. The quantitative estimate of drug-likeness (QED) is 0.659. The second kappa shape index (κ2) is 2.61. The number of imidazole rings is 1. The topological polar surface area (TPSA) is 69.6 Å². The van der Waals surface area contributed by atoms with E-state index in [0.29, 0.717) is 0 Å². The third-order valence-electron chi connectivity index (χ3n) is 1.13. The van der Waals surface area contributed by atoms with Gasteiger partial charge in [-0.05, 0) is 12.1 Å². The highest BCUT2D eigenvalue weighted by atomic mass is 15.2. The summed E-state index contributed by atoms with van der Waals surface area (Å²) in [5, 5.41) is 7.01. The Hall–Kier alpha value is -1.91. The molecule has 0 amide bonds. The lowest BCUT2D eigenvalue weighted by atomic mass is 10.5. The van der Waals surface area contributed by atoms with E-state index in [1.165, 1.54) is 0 Å². The van der Waals surface area contributed by atoms with Gasteiger partial charge in [-0.2, -0.15) is 0 Å². The predicted molar refractivity (Wildman–Crippen MR) is 43.6 cm³/mol. The summed E-state index contributed by atoms with van der Waals surface area (Å²) in [4.78, 5) is 3.45. The molecule has 0 saturated heterocycles. The second-order valence-electron chi connectivity index (χ2n) is 1.93. The van der Waals surface area contributed by atoms with Gasteiger partial charge in [0, 0.05) is 12.3 Å². The first-order valence-corrected chi connectivity index (χ1v) is 3.05. The van der Waals surface area contributed by atoms with E-state index in [9.17, 15) is 0 Å². The summed E-state index contributed by atoms with van der Waals surface area (Å²) in [6, 6.07) is -0.703. The van der Waals surface area contributed by atoms with Gasteiger partial charge in [0.15, 0.2) is 5.82 Å². The van der Waals surface area contributed by atoms with Crippen LogP contribution in [0.3, 0.4) is 0 Å². The monoisotopic (exact) mass is 166 g/mol. The van der Waals surface area contributed by atoms with Crippen molar-refractivity contribution in [2.24, 2.45) is 0 Å². The zero-order valence-electron chi connectivity index (χ0n) is 10.9. The summed E-state index contributed by atoms with van der Waals surface area (Å²) in [7, 11) is 0. The Morgan fingerprint density at radius 3 is 3.08 bits per heavy atom. The molecular formula is C7H7N5. The minimum Gasteiger partial charge on any atom is -0.382 e. The Labute approximate surface area is 75.9 Å². The minimum absolute atomic E-state index is 0.204. The molecule has 0 aromatic carbocycles. The first kappa shape index (κ1) is 3.22. The third-order valence-corrected chi connectivity index (χ3v) is 1.13. The molecule has 0 aliphatic rings. The summed E-state index contributed by atoms with van der Waals surface area (Å²) in [6.07, 6.45) is -1.20. The molecule has 2 heterocycles. The van der Waals surface area contributed by atoms with Crippen molar-refractivity contribution >= 4 is 5.82 Å². The van der Waals surface area contributed by atoms with Crippen LogP contribution in [0.2, 0.25) is 0 Å². The fourth-order valence-corrected chi connectivity index (χ4v) is 0.647. The molecule has 0 unspecified atom stereocenters. The van der Waals surface area contributed by atoms with E-state index in [4.69, 9.17) is 12.6 Å². The highest BCUT2D eigenvalue weighted by Crippen LogP contribution is 2.02. The van der Waals surface area contributed by atoms with Gasteiger partial charge in [-0.1, -0.05) is 0 Å². The second-order valence-corrected chi connectivity index (χ2v) is 1.93. The lowest BCUT2D eigenvalue weighted by molar-refractivity contribution is 0.918. The standard InChI is InChI=1S/C7H7N5/c8-6-1-2-7(11-10-6)12-4-3-9-5-12/h1-5H,(H2,8,10)/i1D,2D,3D,4D,5D. The Bertz CT molecular complexity index is 595. The molecule has 2 N–H and O–H groups in total. The molecule has 0 atom stereocenters. The molecule has 0 fully saturated rings. The van der Waals surface area contributed by atoms with E-state index in [2.05, 4.69) is 15.2 Å². The number of nitrogens with two attached hydrogens (primary N) is 1. The molecule has 0 bridgehead atoms. The molecule has 0 saturated carbocycles. The molecular weight excluding hydrogens is 154 g/mol. The van der Waals surface area contributed by atoms with Crippen molar-refractivity contribution in [3.63, 3.8) is 0 Å². The molecule has 12 heavy (non-hydrogen) atoms. The van der Waals surface area contributed by atoms with Crippen molar-refractivity contribution in [3.05, 3.63) is 30.7 Å². The van der Waals surface area contributed by atoms with Crippen molar-refractivity contribution in [1.29, 1.82) is 0 Å². The number of nitrogen functional groups attached to an aromatic ring is 1. The third kappa shape index (κ3) is 1.12. The van der Waals surface area contributed by atoms with E-state index >= 15 is 0 Å². The lowest BCUT2D eigenvalue weighted by Gasteiger charge is -1.97. The van der Waals surface area contributed by atoms with Crippen LogP contribution < -0.4 is 5.73 Å². The molecule has 5 heteroatoms. The molecule has 60 valence electrons. The van der Waals surface area contributed by atoms with Crippen LogP contribution in [0.25, 0.3) is 5.82 Å². The number of hydrogen-bond acceptors (Lipinski definition) is 4. The number of hydrogen-bond donors (Lipinski definition) is 1. The maximum absolute atomic E-state index is 7.63. The minimum atomic E-state index is -0.410. The van der Waals surface area contributed by atoms with Crippen LogP contribution in [-0.2, 0) is 0 Å². The Morgan fingerprint density at radius 2 is 2.33 bits per heavy atom.